The number of nitrogens with zero attached hydrogens (tertiary/aromatic N) is 3. The molecule has 4 aromatic rings. The molecule has 150 valence electrons. The minimum atomic E-state index is 0.280. The Labute approximate surface area is 173 Å². The molecule has 2 aromatic carbocycles. The maximum atomic E-state index is 10.9. The first-order chi connectivity index (χ1) is 14.7. The second-order valence-electron chi connectivity index (χ2n) is 7.44. The Hall–Kier alpha value is -3.87. The average Bonchev–Trinajstić information content (AvgIpc) is 3.51. The minimum Gasteiger partial charge on any atom is -0.508 e. The van der Waals surface area contributed by atoms with Crippen LogP contribution in [0.15, 0.2) is 48.7 Å². The molecule has 7 heteroatoms. The summed E-state index contributed by atoms with van der Waals surface area (Å²) < 4.78 is 0. The molecule has 30 heavy (non-hydrogen) atoms. The molecule has 2 aromatic heterocycles. The highest BCUT2D eigenvalue weighted by Crippen LogP contribution is 2.32. The van der Waals surface area contributed by atoms with Crippen LogP contribution in [0.25, 0.3) is 39.1 Å². The van der Waals surface area contributed by atoms with Crippen molar-refractivity contribution in [2.75, 3.05) is 13.1 Å². The van der Waals surface area contributed by atoms with Gasteiger partial charge in [-0.1, -0.05) is 25.1 Å². The van der Waals surface area contributed by atoms with Crippen LogP contribution in [-0.2, 0) is 11.2 Å². The molecule has 0 unspecified atom stereocenters. The molecule has 3 N–H and O–H groups in total. The molecular formula is C23H21N5O2. The quantitative estimate of drug-likeness (QED) is 0.445. The van der Waals surface area contributed by atoms with Crippen molar-refractivity contribution in [3.05, 3.63) is 59.9 Å². The summed E-state index contributed by atoms with van der Waals surface area (Å²) in [5, 5.41) is 18.3. The van der Waals surface area contributed by atoms with Gasteiger partial charge in [-0.3, -0.25) is 9.89 Å². The van der Waals surface area contributed by atoms with E-state index in [1.807, 2.05) is 24.3 Å². The second-order valence-corrected chi connectivity index (χ2v) is 7.44. The molecular weight excluding hydrogens is 378 g/mol. The third kappa shape index (κ3) is 3.04. The van der Waals surface area contributed by atoms with E-state index in [0.717, 1.165) is 57.4 Å². The van der Waals surface area contributed by atoms with Crippen molar-refractivity contribution in [2.24, 2.45) is 0 Å². The molecule has 3 heterocycles. The van der Waals surface area contributed by atoms with E-state index in [2.05, 4.69) is 39.2 Å². The largest absolute Gasteiger partial charge is 0.508 e. The number of aromatic amines is 2. The fourth-order valence-electron chi connectivity index (χ4n) is 3.98. The van der Waals surface area contributed by atoms with Crippen molar-refractivity contribution in [3.8, 4) is 28.4 Å². The van der Waals surface area contributed by atoms with Crippen LogP contribution in [0.5, 0.6) is 5.75 Å². The summed E-state index contributed by atoms with van der Waals surface area (Å²) in [4.78, 5) is 20.5. The lowest BCUT2D eigenvalue weighted by atomic mass is 9.97. The SMILES string of the molecule is CCc1cc(O)ccc1-c1ccc2c(-c3ncc(C4=CCN(C=O)C4)[nH]3)n[nH]c2c1. The molecule has 0 saturated heterocycles. The number of imidazole rings is 1. The molecule has 7 nitrogen and oxygen atoms in total. The lowest BCUT2D eigenvalue weighted by Gasteiger charge is -2.09. The van der Waals surface area contributed by atoms with Gasteiger partial charge in [0.25, 0.3) is 0 Å². The first-order valence-corrected chi connectivity index (χ1v) is 9.90. The Morgan fingerprint density at radius 1 is 1.23 bits per heavy atom. The molecule has 0 atom stereocenters. The molecule has 0 bridgehead atoms. The maximum Gasteiger partial charge on any atom is 0.210 e. The highest BCUT2D eigenvalue weighted by Gasteiger charge is 2.18. The number of nitrogens with one attached hydrogen (secondary N) is 2. The van der Waals surface area contributed by atoms with E-state index < -0.39 is 0 Å². The number of aryl methyl sites for hydroxylation is 1. The number of H-pyrrole nitrogens is 2. The van der Waals surface area contributed by atoms with Crippen LogP contribution in [0.1, 0.15) is 18.2 Å². The third-order valence-corrected chi connectivity index (χ3v) is 5.58. The fraction of sp³-hybridized carbons (Fsp3) is 0.174. The number of rotatable bonds is 5. The number of phenolic OH excluding ortho intramolecular Hbond substituents is 1. The smallest absolute Gasteiger partial charge is 0.210 e. The van der Waals surface area contributed by atoms with E-state index in [1.54, 1.807) is 17.2 Å². The van der Waals surface area contributed by atoms with E-state index in [1.165, 1.54) is 0 Å². The van der Waals surface area contributed by atoms with Gasteiger partial charge in [-0.05, 0) is 52.9 Å². The molecule has 0 spiro atoms. The standard InChI is InChI=1S/C23H21N5O2/c1-2-14-9-17(30)4-6-18(14)15-3-5-19-20(10-15)26-27-22(19)23-24-11-21(25-23)16-7-8-28(12-16)13-29/h3-7,9-11,13,30H,2,8,12H2,1H3,(H,24,25)(H,26,27). The van der Waals surface area contributed by atoms with Gasteiger partial charge in [0, 0.05) is 18.5 Å². The number of hydrogen-bond donors (Lipinski definition) is 3. The Bertz CT molecular complexity index is 1280. The summed E-state index contributed by atoms with van der Waals surface area (Å²) in [6.07, 6.45) is 5.51. The first-order valence-electron chi connectivity index (χ1n) is 9.90. The number of carbonyl (C=O) groups excluding carboxylic acids is 1. The van der Waals surface area contributed by atoms with E-state index in [9.17, 15) is 9.90 Å². The van der Waals surface area contributed by atoms with Crippen molar-refractivity contribution in [2.45, 2.75) is 13.3 Å². The van der Waals surface area contributed by atoms with Gasteiger partial charge in [-0.2, -0.15) is 5.10 Å². The Balaban J connectivity index is 1.49. The number of benzene rings is 2. The monoisotopic (exact) mass is 399 g/mol. The van der Waals surface area contributed by atoms with Crippen LogP contribution in [0.2, 0.25) is 0 Å². The second kappa shape index (κ2) is 7.18. The fourth-order valence-corrected chi connectivity index (χ4v) is 3.98. The zero-order valence-corrected chi connectivity index (χ0v) is 16.5. The van der Waals surface area contributed by atoms with Crippen LogP contribution in [0.3, 0.4) is 0 Å². The van der Waals surface area contributed by atoms with Crippen LogP contribution >= 0.6 is 0 Å². The molecule has 5 rings (SSSR count). The first kappa shape index (κ1) is 18.2. The predicted octanol–water partition coefficient (Wildman–Crippen LogP) is 3.74. The third-order valence-electron chi connectivity index (χ3n) is 5.58. The highest BCUT2D eigenvalue weighted by molar-refractivity contribution is 5.94. The molecule has 0 radical (unpaired) electrons. The van der Waals surface area contributed by atoms with Crippen LogP contribution < -0.4 is 0 Å². The van der Waals surface area contributed by atoms with Gasteiger partial charge in [0.15, 0.2) is 5.82 Å². The summed E-state index contributed by atoms with van der Waals surface area (Å²) in [6, 6.07) is 11.7. The summed E-state index contributed by atoms with van der Waals surface area (Å²) in [7, 11) is 0. The zero-order valence-electron chi connectivity index (χ0n) is 16.5. The van der Waals surface area contributed by atoms with E-state index in [-0.39, 0.29) is 5.75 Å². The Morgan fingerprint density at radius 3 is 2.93 bits per heavy atom. The number of amides is 1. The van der Waals surface area contributed by atoms with Crippen LogP contribution in [0.4, 0.5) is 0 Å². The topological polar surface area (TPSA) is 97.9 Å². The highest BCUT2D eigenvalue weighted by atomic mass is 16.3. The van der Waals surface area contributed by atoms with Gasteiger partial charge in [-0.15, -0.1) is 0 Å². The molecule has 1 aliphatic heterocycles. The zero-order chi connectivity index (χ0) is 20.7. The molecule has 0 fully saturated rings. The van der Waals surface area contributed by atoms with Gasteiger partial charge < -0.3 is 15.0 Å². The van der Waals surface area contributed by atoms with Gasteiger partial charge >= 0.3 is 0 Å². The van der Waals surface area contributed by atoms with E-state index in [0.29, 0.717) is 18.9 Å². The van der Waals surface area contributed by atoms with Gasteiger partial charge in [-0.25, -0.2) is 4.98 Å². The van der Waals surface area contributed by atoms with Crippen molar-refractivity contribution < 1.29 is 9.90 Å². The van der Waals surface area contributed by atoms with Crippen molar-refractivity contribution >= 4 is 22.9 Å². The molecule has 1 aliphatic rings. The number of hydrogen-bond acceptors (Lipinski definition) is 4. The van der Waals surface area contributed by atoms with Gasteiger partial charge in [0.05, 0.1) is 17.4 Å². The average molecular weight is 399 g/mol. The Morgan fingerprint density at radius 2 is 2.13 bits per heavy atom. The maximum absolute atomic E-state index is 10.9. The number of aromatic hydroxyl groups is 1. The number of carbonyl (C=O) groups is 1. The summed E-state index contributed by atoms with van der Waals surface area (Å²) in [5.74, 6) is 0.969. The van der Waals surface area contributed by atoms with Gasteiger partial charge in [0.2, 0.25) is 6.41 Å². The van der Waals surface area contributed by atoms with E-state index in [4.69, 9.17) is 0 Å². The molecule has 0 saturated carbocycles. The summed E-state index contributed by atoms with van der Waals surface area (Å²) in [5.41, 5.74) is 6.90. The van der Waals surface area contributed by atoms with Crippen LogP contribution in [0, 0.1) is 0 Å². The minimum absolute atomic E-state index is 0.280. The van der Waals surface area contributed by atoms with Crippen LogP contribution in [-0.4, -0.2) is 49.7 Å². The predicted molar refractivity (Wildman–Crippen MR) is 116 cm³/mol. The van der Waals surface area contributed by atoms with Crippen molar-refractivity contribution in [1.82, 2.24) is 25.1 Å². The van der Waals surface area contributed by atoms with Crippen molar-refractivity contribution in [3.63, 3.8) is 0 Å². The normalized spacial score (nSPS) is 13.8. The molecule has 0 aliphatic carbocycles. The lowest BCUT2D eigenvalue weighted by Crippen LogP contribution is -2.17. The lowest BCUT2D eigenvalue weighted by molar-refractivity contribution is -0.116. The Kier molecular flexibility index (Phi) is 4.35. The van der Waals surface area contributed by atoms with Gasteiger partial charge in [0.1, 0.15) is 11.4 Å². The number of phenols is 1. The summed E-state index contributed by atoms with van der Waals surface area (Å²) in [6.45, 7) is 3.29. The van der Waals surface area contributed by atoms with Crippen molar-refractivity contribution in [1.29, 1.82) is 0 Å². The number of fused-ring (bicyclic) bond motifs is 1. The molecule has 1 amide bonds. The number of aromatic nitrogens is 4. The van der Waals surface area contributed by atoms with E-state index >= 15 is 0 Å². The summed E-state index contributed by atoms with van der Waals surface area (Å²) >= 11 is 0.